The van der Waals surface area contributed by atoms with Crippen molar-refractivity contribution in [2.24, 2.45) is 0 Å². The van der Waals surface area contributed by atoms with Gasteiger partial charge < -0.3 is 10.1 Å². The number of nitrogens with zero attached hydrogens (tertiary/aromatic N) is 3. The lowest BCUT2D eigenvalue weighted by Crippen LogP contribution is -2.14. The maximum absolute atomic E-state index is 12.9. The number of nitriles is 1. The van der Waals surface area contributed by atoms with Gasteiger partial charge in [-0.25, -0.2) is 4.68 Å². The SMILES string of the molecule is COc1ccccc1NC(=O)/C(C#N)=C\c1cn(-c2ccccc2)nc1-c1ccccc1. The van der Waals surface area contributed by atoms with Gasteiger partial charge in [-0.2, -0.15) is 10.4 Å². The van der Waals surface area contributed by atoms with Crippen LogP contribution in [-0.2, 0) is 4.79 Å². The molecular formula is C26H20N4O2. The van der Waals surface area contributed by atoms with Gasteiger partial charge in [-0.05, 0) is 30.3 Å². The average molecular weight is 420 g/mol. The molecule has 0 bridgehead atoms. The standard InChI is InChI=1S/C26H20N4O2/c1-32-24-15-9-8-14-23(24)28-26(31)20(17-27)16-21-18-30(22-12-6-3-7-13-22)29-25(21)19-10-4-2-5-11-19/h2-16,18H,1H3,(H,28,31)/b20-16-. The minimum absolute atomic E-state index is 0.0410. The molecule has 0 spiro atoms. The molecule has 6 heteroatoms. The molecule has 0 aliphatic carbocycles. The third-order valence-corrected chi connectivity index (χ3v) is 4.83. The fraction of sp³-hybridized carbons (Fsp3) is 0.0385. The van der Waals surface area contributed by atoms with Crippen molar-refractivity contribution >= 4 is 17.7 Å². The van der Waals surface area contributed by atoms with E-state index in [1.807, 2.05) is 72.9 Å². The number of para-hydroxylation sites is 3. The van der Waals surface area contributed by atoms with Crippen molar-refractivity contribution in [1.82, 2.24) is 9.78 Å². The molecule has 0 saturated carbocycles. The summed E-state index contributed by atoms with van der Waals surface area (Å²) in [6.07, 6.45) is 3.37. The van der Waals surface area contributed by atoms with Crippen molar-refractivity contribution in [3.8, 4) is 28.8 Å². The van der Waals surface area contributed by atoms with E-state index in [9.17, 15) is 10.1 Å². The second-order valence-electron chi connectivity index (χ2n) is 6.90. The number of nitrogens with one attached hydrogen (secondary N) is 1. The van der Waals surface area contributed by atoms with E-state index < -0.39 is 5.91 Å². The Labute approximate surface area is 186 Å². The minimum atomic E-state index is -0.525. The maximum atomic E-state index is 12.9. The summed E-state index contributed by atoms with van der Waals surface area (Å²) in [7, 11) is 1.52. The Morgan fingerprint density at radius 3 is 2.34 bits per heavy atom. The number of anilines is 1. The summed E-state index contributed by atoms with van der Waals surface area (Å²) in [6, 6.07) is 28.4. The summed E-state index contributed by atoms with van der Waals surface area (Å²) in [6.45, 7) is 0. The zero-order valence-electron chi connectivity index (χ0n) is 17.4. The Morgan fingerprint density at radius 2 is 1.66 bits per heavy atom. The summed E-state index contributed by atoms with van der Waals surface area (Å²) in [5, 5.41) is 17.2. The van der Waals surface area contributed by atoms with E-state index in [4.69, 9.17) is 9.84 Å². The molecular weight excluding hydrogens is 400 g/mol. The summed E-state index contributed by atoms with van der Waals surface area (Å²) < 4.78 is 7.01. The van der Waals surface area contributed by atoms with E-state index in [0.717, 1.165) is 11.3 Å². The molecule has 1 N–H and O–H groups in total. The lowest BCUT2D eigenvalue weighted by atomic mass is 10.1. The van der Waals surface area contributed by atoms with Crippen LogP contribution in [0.15, 0.2) is 96.7 Å². The molecule has 4 rings (SSSR count). The van der Waals surface area contributed by atoms with Crippen molar-refractivity contribution in [3.63, 3.8) is 0 Å². The monoisotopic (exact) mass is 420 g/mol. The largest absolute Gasteiger partial charge is 0.495 e. The normalized spacial score (nSPS) is 10.9. The van der Waals surface area contributed by atoms with Crippen molar-refractivity contribution in [1.29, 1.82) is 5.26 Å². The fourth-order valence-corrected chi connectivity index (χ4v) is 3.27. The van der Waals surface area contributed by atoms with E-state index in [0.29, 0.717) is 22.7 Å². The van der Waals surface area contributed by atoms with Crippen LogP contribution in [0.25, 0.3) is 23.0 Å². The zero-order valence-corrected chi connectivity index (χ0v) is 17.4. The van der Waals surface area contributed by atoms with Crippen LogP contribution < -0.4 is 10.1 Å². The molecule has 1 heterocycles. The molecule has 32 heavy (non-hydrogen) atoms. The van der Waals surface area contributed by atoms with E-state index >= 15 is 0 Å². The summed E-state index contributed by atoms with van der Waals surface area (Å²) in [4.78, 5) is 12.9. The highest BCUT2D eigenvalue weighted by atomic mass is 16.5. The highest BCUT2D eigenvalue weighted by Crippen LogP contribution is 2.27. The first-order chi connectivity index (χ1) is 15.7. The molecule has 0 unspecified atom stereocenters. The van der Waals surface area contributed by atoms with Gasteiger partial charge in [0.05, 0.1) is 24.2 Å². The van der Waals surface area contributed by atoms with Crippen molar-refractivity contribution in [2.75, 3.05) is 12.4 Å². The van der Waals surface area contributed by atoms with E-state index in [1.165, 1.54) is 7.11 Å². The Bertz CT molecular complexity index is 1300. The molecule has 1 amide bonds. The van der Waals surface area contributed by atoms with Gasteiger partial charge in [-0.1, -0.05) is 60.7 Å². The number of carbonyl (C=O) groups excluding carboxylic acids is 1. The van der Waals surface area contributed by atoms with Gasteiger partial charge in [0.1, 0.15) is 17.4 Å². The van der Waals surface area contributed by atoms with Crippen LogP contribution >= 0.6 is 0 Å². The number of amides is 1. The number of methoxy groups -OCH3 is 1. The molecule has 0 aliphatic heterocycles. The molecule has 0 radical (unpaired) electrons. The first kappa shape index (κ1) is 20.6. The molecule has 4 aromatic rings. The predicted octanol–water partition coefficient (Wildman–Crippen LogP) is 5.09. The smallest absolute Gasteiger partial charge is 0.266 e. The molecule has 0 atom stereocenters. The highest BCUT2D eigenvalue weighted by molar-refractivity contribution is 6.10. The van der Waals surface area contributed by atoms with Crippen molar-refractivity contribution in [3.05, 3.63) is 102 Å². The number of hydrogen-bond donors (Lipinski definition) is 1. The number of carbonyl (C=O) groups is 1. The van der Waals surface area contributed by atoms with Gasteiger partial charge in [0.2, 0.25) is 0 Å². The van der Waals surface area contributed by atoms with Gasteiger partial charge >= 0.3 is 0 Å². The van der Waals surface area contributed by atoms with Gasteiger partial charge in [-0.15, -0.1) is 0 Å². The molecule has 0 fully saturated rings. The molecule has 1 aromatic heterocycles. The summed E-state index contributed by atoms with van der Waals surface area (Å²) >= 11 is 0. The maximum Gasteiger partial charge on any atom is 0.266 e. The van der Waals surface area contributed by atoms with Crippen LogP contribution in [0, 0.1) is 11.3 Å². The summed E-state index contributed by atoms with van der Waals surface area (Å²) in [5.74, 6) is -0.0107. The number of benzene rings is 3. The van der Waals surface area contributed by atoms with Crippen LogP contribution in [0.4, 0.5) is 5.69 Å². The Morgan fingerprint density at radius 1 is 1.00 bits per heavy atom. The zero-order chi connectivity index (χ0) is 22.3. The first-order valence-electron chi connectivity index (χ1n) is 9.96. The second kappa shape index (κ2) is 9.45. The average Bonchev–Trinajstić information content (AvgIpc) is 3.28. The molecule has 156 valence electrons. The predicted molar refractivity (Wildman–Crippen MR) is 124 cm³/mol. The molecule has 6 nitrogen and oxygen atoms in total. The van der Waals surface area contributed by atoms with Gasteiger partial charge in [-0.3, -0.25) is 4.79 Å². The van der Waals surface area contributed by atoms with Crippen LogP contribution in [0.1, 0.15) is 5.56 Å². The van der Waals surface area contributed by atoms with E-state index in [2.05, 4.69) is 5.32 Å². The molecule has 0 aliphatic rings. The fourth-order valence-electron chi connectivity index (χ4n) is 3.27. The van der Waals surface area contributed by atoms with Gasteiger partial charge in [0, 0.05) is 17.3 Å². The highest BCUT2D eigenvalue weighted by Gasteiger charge is 2.16. The Hall–Kier alpha value is -4.63. The number of ether oxygens (including phenoxy) is 1. The first-order valence-corrected chi connectivity index (χ1v) is 9.96. The van der Waals surface area contributed by atoms with Gasteiger partial charge in [0.15, 0.2) is 0 Å². The number of hydrogen-bond acceptors (Lipinski definition) is 4. The van der Waals surface area contributed by atoms with E-state index in [1.54, 1.807) is 35.0 Å². The lowest BCUT2D eigenvalue weighted by Gasteiger charge is -2.09. The lowest BCUT2D eigenvalue weighted by molar-refractivity contribution is -0.112. The molecule has 3 aromatic carbocycles. The second-order valence-corrected chi connectivity index (χ2v) is 6.90. The van der Waals surface area contributed by atoms with E-state index in [-0.39, 0.29) is 5.57 Å². The third kappa shape index (κ3) is 4.42. The summed E-state index contributed by atoms with van der Waals surface area (Å²) in [5.41, 5.74) is 3.54. The topological polar surface area (TPSA) is 79.9 Å². The number of rotatable bonds is 6. The third-order valence-electron chi connectivity index (χ3n) is 4.83. The van der Waals surface area contributed by atoms with Crippen LogP contribution in [0.2, 0.25) is 0 Å². The minimum Gasteiger partial charge on any atom is -0.495 e. The Kier molecular flexibility index (Phi) is 6.10. The van der Waals surface area contributed by atoms with Crippen molar-refractivity contribution in [2.45, 2.75) is 0 Å². The van der Waals surface area contributed by atoms with Crippen LogP contribution in [-0.4, -0.2) is 22.8 Å². The molecule has 0 saturated heterocycles. The van der Waals surface area contributed by atoms with Crippen LogP contribution in [0.5, 0.6) is 5.75 Å². The van der Waals surface area contributed by atoms with Gasteiger partial charge in [0.25, 0.3) is 5.91 Å². The van der Waals surface area contributed by atoms with Crippen molar-refractivity contribution < 1.29 is 9.53 Å². The quantitative estimate of drug-likeness (QED) is 0.348. The Balaban J connectivity index is 1.74. The van der Waals surface area contributed by atoms with Crippen LogP contribution in [0.3, 0.4) is 0 Å². The number of aromatic nitrogens is 2.